The number of pyridine rings is 1. The first-order valence-electron chi connectivity index (χ1n) is 4.72. The van der Waals surface area contributed by atoms with Crippen molar-refractivity contribution in [1.82, 2.24) is 4.98 Å². The Morgan fingerprint density at radius 1 is 1.58 bits per heavy atom. The number of aromatic nitrogens is 1. The first kappa shape index (κ1) is 14.7. The smallest absolute Gasteiger partial charge is 0.481 e. The van der Waals surface area contributed by atoms with Crippen molar-refractivity contribution in [2.45, 2.75) is 19.7 Å². The van der Waals surface area contributed by atoms with E-state index in [0.717, 1.165) is 0 Å². The van der Waals surface area contributed by atoms with E-state index in [9.17, 15) is 28.1 Å². The SMILES string of the molecule is Cc1nc(CC(=O)O)c(OC(F)(F)F)cc1[N+](=O)[O-]. The predicted octanol–water partition coefficient (Wildman–Crippen LogP) is 1.82. The number of carboxylic acid groups (broad SMARTS) is 1. The maximum atomic E-state index is 12.1. The summed E-state index contributed by atoms with van der Waals surface area (Å²) in [5.41, 5.74) is -1.42. The van der Waals surface area contributed by atoms with Crippen molar-refractivity contribution in [1.29, 1.82) is 0 Å². The van der Waals surface area contributed by atoms with Crippen molar-refractivity contribution in [3.05, 3.63) is 27.6 Å². The maximum absolute atomic E-state index is 12.1. The number of halogens is 3. The fourth-order valence-electron chi connectivity index (χ4n) is 1.29. The van der Waals surface area contributed by atoms with Gasteiger partial charge in [0.05, 0.1) is 23.1 Å². The van der Waals surface area contributed by atoms with Gasteiger partial charge in [-0.1, -0.05) is 0 Å². The molecule has 0 radical (unpaired) electrons. The number of aliphatic carboxylic acids is 1. The minimum atomic E-state index is -5.10. The maximum Gasteiger partial charge on any atom is 0.573 e. The highest BCUT2D eigenvalue weighted by molar-refractivity contribution is 5.71. The zero-order valence-electron chi connectivity index (χ0n) is 9.39. The van der Waals surface area contributed by atoms with Crippen LogP contribution >= 0.6 is 0 Å². The fourth-order valence-corrected chi connectivity index (χ4v) is 1.29. The van der Waals surface area contributed by atoms with E-state index in [2.05, 4.69) is 9.72 Å². The highest BCUT2D eigenvalue weighted by atomic mass is 19.4. The molecule has 1 aromatic rings. The molecule has 0 aliphatic rings. The highest BCUT2D eigenvalue weighted by Gasteiger charge is 2.34. The van der Waals surface area contributed by atoms with E-state index in [1.165, 1.54) is 6.92 Å². The van der Waals surface area contributed by atoms with Crippen LogP contribution in [-0.4, -0.2) is 27.3 Å². The number of carbonyl (C=O) groups is 1. The molecule has 19 heavy (non-hydrogen) atoms. The van der Waals surface area contributed by atoms with Gasteiger partial charge in [0.2, 0.25) is 0 Å². The molecular formula is C9H7F3N2O5. The number of alkyl halides is 3. The number of hydrogen-bond acceptors (Lipinski definition) is 5. The molecule has 7 nitrogen and oxygen atoms in total. The fraction of sp³-hybridized carbons (Fsp3) is 0.333. The first-order chi connectivity index (χ1) is 8.60. The number of carboxylic acids is 1. The largest absolute Gasteiger partial charge is 0.573 e. The van der Waals surface area contributed by atoms with Crippen LogP contribution in [0.2, 0.25) is 0 Å². The normalized spacial score (nSPS) is 11.2. The molecule has 0 aromatic carbocycles. The summed E-state index contributed by atoms with van der Waals surface area (Å²) in [5.74, 6) is -2.43. The van der Waals surface area contributed by atoms with Crippen molar-refractivity contribution in [3.63, 3.8) is 0 Å². The molecule has 1 rings (SSSR count). The van der Waals surface area contributed by atoms with Crippen LogP contribution in [0.15, 0.2) is 6.07 Å². The second kappa shape index (κ2) is 5.08. The second-order valence-electron chi connectivity index (χ2n) is 3.41. The lowest BCUT2D eigenvalue weighted by atomic mass is 10.2. The van der Waals surface area contributed by atoms with Crippen molar-refractivity contribution in [2.75, 3.05) is 0 Å². The van der Waals surface area contributed by atoms with Crippen LogP contribution < -0.4 is 4.74 Å². The Balaban J connectivity index is 3.32. The van der Waals surface area contributed by atoms with Crippen molar-refractivity contribution >= 4 is 11.7 Å². The molecule has 10 heteroatoms. The lowest BCUT2D eigenvalue weighted by molar-refractivity contribution is -0.386. The lowest BCUT2D eigenvalue weighted by Crippen LogP contribution is -2.19. The summed E-state index contributed by atoms with van der Waals surface area (Å²) >= 11 is 0. The third-order valence-corrected chi connectivity index (χ3v) is 1.97. The molecule has 0 atom stereocenters. The number of hydrogen-bond donors (Lipinski definition) is 1. The van der Waals surface area contributed by atoms with E-state index < -0.39 is 40.8 Å². The quantitative estimate of drug-likeness (QED) is 0.666. The molecule has 1 N–H and O–H groups in total. The topological polar surface area (TPSA) is 103 Å². The molecule has 0 fully saturated rings. The minimum Gasteiger partial charge on any atom is -0.481 e. The van der Waals surface area contributed by atoms with Gasteiger partial charge in [-0.2, -0.15) is 0 Å². The molecule has 1 aromatic heterocycles. The predicted molar refractivity (Wildman–Crippen MR) is 53.7 cm³/mol. The minimum absolute atomic E-state index is 0.198. The van der Waals surface area contributed by atoms with Crippen molar-refractivity contribution in [2.24, 2.45) is 0 Å². The molecule has 104 valence electrons. The number of aryl methyl sites for hydroxylation is 1. The average Bonchev–Trinajstić information content (AvgIpc) is 2.18. The highest BCUT2D eigenvalue weighted by Crippen LogP contribution is 2.30. The molecule has 0 unspecified atom stereocenters. The standard InChI is InChI=1S/C9H7F3N2O5/c1-4-6(14(17)18)3-7(19-9(10,11)12)5(13-4)2-8(15)16/h3H,2H2,1H3,(H,15,16). The van der Waals surface area contributed by atoms with E-state index >= 15 is 0 Å². The lowest BCUT2D eigenvalue weighted by Gasteiger charge is -2.12. The average molecular weight is 280 g/mol. The Bertz CT molecular complexity index is 529. The monoisotopic (exact) mass is 280 g/mol. The van der Waals surface area contributed by atoms with Crippen LogP contribution in [0.5, 0.6) is 5.75 Å². The molecule has 0 spiro atoms. The molecule has 0 bridgehead atoms. The number of nitrogens with zero attached hydrogens (tertiary/aromatic N) is 2. The number of ether oxygens (including phenoxy) is 1. The Morgan fingerprint density at radius 3 is 2.58 bits per heavy atom. The summed E-state index contributed by atoms with van der Waals surface area (Å²) in [6, 6.07) is 0.508. The Kier molecular flexibility index (Phi) is 3.92. The van der Waals surface area contributed by atoms with E-state index in [1.54, 1.807) is 0 Å². The van der Waals surface area contributed by atoms with E-state index in [4.69, 9.17) is 5.11 Å². The molecule has 0 aliphatic heterocycles. The van der Waals surface area contributed by atoms with Gasteiger partial charge in [0.1, 0.15) is 5.69 Å². The van der Waals surface area contributed by atoms with E-state index in [-0.39, 0.29) is 5.69 Å². The molecule has 1 heterocycles. The Hall–Kier alpha value is -2.39. The van der Waals surface area contributed by atoms with Gasteiger partial charge in [-0.15, -0.1) is 13.2 Å². The van der Waals surface area contributed by atoms with Crippen molar-refractivity contribution < 1.29 is 32.7 Å². The number of rotatable bonds is 4. The van der Waals surface area contributed by atoms with Gasteiger partial charge in [0, 0.05) is 0 Å². The Labute approximate surface area is 103 Å². The van der Waals surface area contributed by atoms with Gasteiger partial charge >= 0.3 is 12.3 Å². The second-order valence-corrected chi connectivity index (χ2v) is 3.41. The molecule has 0 saturated heterocycles. The van der Waals surface area contributed by atoms with Gasteiger partial charge in [-0.3, -0.25) is 14.9 Å². The van der Waals surface area contributed by atoms with Crippen LogP contribution in [0, 0.1) is 17.0 Å². The summed E-state index contributed by atoms with van der Waals surface area (Å²) in [5, 5.41) is 19.1. The molecule has 0 amide bonds. The summed E-state index contributed by atoms with van der Waals surface area (Å²) < 4.78 is 39.9. The summed E-state index contributed by atoms with van der Waals surface area (Å²) in [6.07, 6.45) is -5.94. The van der Waals surface area contributed by atoms with Gasteiger partial charge in [-0.05, 0) is 6.92 Å². The molecule has 0 saturated carbocycles. The third-order valence-electron chi connectivity index (χ3n) is 1.97. The first-order valence-corrected chi connectivity index (χ1v) is 4.72. The zero-order chi connectivity index (χ0) is 14.8. The Morgan fingerprint density at radius 2 is 2.16 bits per heavy atom. The zero-order valence-corrected chi connectivity index (χ0v) is 9.39. The van der Waals surface area contributed by atoms with Gasteiger partial charge in [-0.25, -0.2) is 4.98 Å². The van der Waals surface area contributed by atoms with Crippen LogP contribution in [0.1, 0.15) is 11.4 Å². The van der Waals surface area contributed by atoms with Crippen molar-refractivity contribution in [3.8, 4) is 5.75 Å². The molecular weight excluding hydrogens is 273 g/mol. The van der Waals surface area contributed by atoms with Crippen LogP contribution in [0.25, 0.3) is 0 Å². The van der Waals surface area contributed by atoms with E-state index in [0.29, 0.717) is 6.07 Å². The van der Waals surface area contributed by atoms with Crippen LogP contribution in [0.3, 0.4) is 0 Å². The van der Waals surface area contributed by atoms with E-state index in [1.807, 2.05) is 0 Å². The number of nitro groups is 1. The third kappa shape index (κ3) is 4.08. The summed E-state index contributed by atoms with van der Waals surface area (Å²) in [6.45, 7) is 1.18. The van der Waals surface area contributed by atoms with Gasteiger partial charge in [0.15, 0.2) is 5.75 Å². The summed E-state index contributed by atoms with van der Waals surface area (Å²) in [4.78, 5) is 23.6. The van der Waals surface area contributed by atoms with Crippen LogP contribution in [0.4, 0.5) is 18.9 Å². The van der Waals surface area contributed by atoms with Crippen LogP contribution in [-0.2, 0) is 11.2 Å². The molecule has 0 aliphatic carbocycles. The van der Waals surface area contributed by atoms with Gasteiger partial charge in [0.25, 0.3) is 5.69 Å². The summed E-state index contributed by atoms with van der Waals surface area (Å²) in [7, 11) is 0. The van der Waals surface area contributed by atoms with Gasteiger partial charge < -0.3 is 9.84 Å².